The predicted molar refractivity (Wildman–Crippen MR) is 79.8 cm³/mol. The van der Waals surface area contributed by atoms with Crippen LogP contribution in [-0.2, 0) is 6.54 Å². The number of alkyl halides is 1. The van der Waals surface area contributed by atoms with E-state index >= 15 is 0 Å². The summed E-state index contributed by atoms with van der Waals surface area (Å²) < 4.78 is 13.2. The number of nitrogens with one attached hydrogen (secondary N) is 2. The van der Waals surface area contributed by atoms with Crippen molar-refractivity contribution >= 4 is 22.8 Å². The van der Waals surface area contributed by atoms with Crippen LogP contribution in [0.4, 0.5) is 4.39 Å². The Labute approximate surface area is 127 Å². The van der Waals surface area contributed by atoms with Crippen molar-refractivity contribution in [3.8, 4) is 11.4 Å². The van der Waals surface area contributed by atoms with Crippen molar-refractivity contribution in [2.75, 3.05) is 6.67 Å². The molecule has 0 bridgehead atoms. The summed E-state index contributed by atoms with van der Waals surface area (Å²) in [6.45, 7) is -0.591. The Kier molecular flexibility index (Phi) is 3.76. The first kappa shape index (κ1) is 14.5. The third kappa shape index (κ3) is 2.52. The van der Waals surface area contributed by atoms with Crippen LogP contribution in [0.3, 0.4) is 0 Å². The Morgan fingerprint density at radius 2 is 2.09 bits per heavy atom. The molecule has 0 aliphatic rings. The standard InChI is InChI=1S/C13H11ClFN5O2/c14-8-3-2-7(6-16-8)10-17-9-11(18-10)19-13(22)20(12(9)21)5-1-4-15/h2-3,6H,1,4-5H2,(H,17,18)(H,19,22). The van der Waals surface area contributed by atoms with Gasteiger partial charge >= 0.3 is 5.69 Å². The van der Waals surface area contributed by atoms with Gasteiger partial charge in [-0.2, -0.15) is 0 Å². The van der Waals surface area contributed by atoms with Crippen molar-refractivity contribution < 1.29 is 4.39 Å². The first-order valence-corrected chi connectivity index (χ1v) is 6.88. The molecule has 0 aliphatic carbocycles. The van der Waals surface area contributed by atoms with Gasteiger partial charge in [-0.05, 0) is 18.6 Å². The molecule has 3 rings (SSSR count). The average Bonchev–Trinajstić information content (AvgIpc) is 2.92. The number of hydrogen-bond acceptors (Lipinski definition) is 4. The minimum atomic E-state index is -0.613. The summed E-state index contributed by atoms with van der Waals surface area (Å²) >= 11 is 5.72. The molecular formula is C13H11ClFN5O2. The number of nitrogens with zero attached hydrogens (tertiary/aromatic N) is 3. The molecule has 0 saturated heterocycles. The molecule has 0 fully saturated rings. The highest BCUT2D eigenvalue weighted by Gasteiger charge is 2.13. The summed E-state index contributed by atoms with van der Waals surface area (Å²) in [4.78, 5) is 37.6. The van der Waals surface area contributed by atoms with Gasteiger partial charge in [0.25, 0.3) is 5.56 Å². The second kappa shape index (κ2) is 5.72. The van der Waals surface area contributed by atoms with Crippen molar-refractivity contribution in [3.05, 3.63) is 44.3 Å². The fourth-order valence-corrected chi connectivity index (χ4v) is 2.20. The van der Waals surface area contributed by atoms with Crippen LogP contribution in [0.5, 0.6) is 0 Å². The molecule has 0 unspecified atom stereocenters. The monoisotopic (exact) mass is 323 g/mol. The third-order valence-corrected chi connectivity index (χ3v) is 3.37. The normalized spacial score (nSPS) is 11.2. The minimum Gasteiger partial charge on any atom is -0.332 e. The number of H-pyrrole nitrogens is 2. The van der Waals surface area contributed by atoms with E-state index < -0.39 is 17.9 Å². The fourth-order valence-electron chi connectivity index (χ4n) is 2.09. The Hall–Kier alpha value is -2.48. The highest BCUT2D eigenvalue weighted by atomic mass is 35.5. The van der Waals surface area contributed by atoms with Gasteiger partial charge in [-0.15, -0.1) is 0 Å². The molecule has 0 saturated carbocycles. The molecule has 22 heavy (non-hydrogen) atoms. The van der Waals surface area contributed by atoms with E-state index in [1.54, 1.807) is 12.1 Å². The minimum absolute atomic E-state index is 0.0114. The Balaban J connectivity index is 2.14. The lowest BCUT2D eigenvalue weighted by Gasteiger charge is -2.01. The van der Waals surface area contributed by atoms with Crippen molar-refractivity contribution in [2.45, 2.75) is 13.0 Å². The molecule has 3 heterocycles. The molecule has 0 amide bonds. The topological polar surface area (TPSA) is 96.4 Å². The van der Waals surface area contributed by atoms with Crippen molar-refractivity contribution in [2.24, 2.45) is 0 Å². The number of aromatic amines is 2. The molecule has 2 N–H and O–H groups in total. The van der Waals surface area contributed by atoms with Crippen LogP contribution >= 0.6 is 11.6 Å². The summed E-state index contributed by atoms with van der Waals surface area (Å²) in [6.07, 6.45) is 1.59. The second-order valence-electron chi connectivity index (χ2n) is 4.61. The van der Waals surface area contributed by atoms with Gasteiger partial charge in [0.1, 0.15) is 16.5 Å². The van der Waals surface area contributed by atoms with Gasteiger partial charge in [-0.25, -0.2) is 14.8 Å². The molecule has 0 spiro atoms. The maximum absolute atomic E-state index is 12.3. The Morgan fingerprint density at radius 3 is 2.77 bits per heavy atom. The van der Waals surface area contributed by atoms with E-state index in [-0.39, 0.29) is 24.1 Å². The highest BCUT2D eigenvalue weighted by Crippen LogP contribution is 2.17. The lowest BCUT2D eigenvalue weighted by molar-refractivity contribution is 0.439. The SMILES string of the molecule is O=c1[nH]c2nc(-c3ccc(Cl)nc3)[nH]c2c(=O)n1CCCF. The smallest absolute Gasteiger partial charge is 0.330 e. The number of pyridine rings is 1. The first-order chi connectivity index (χ1) is 10.6. The Bertz CT molecular complexity index is 928. The average molecular weight is 324 g/mol. The van der Waals surface area contributed by atoms with E-state index in [4.69, 9.17) is 11.6 Å². The number of rotatable bonds is 4. The molecule has 0 aromatic carbocycles. The molecular weight excluding hydrogens is 313 g/mol. The first-order valence-electron chi connectivity index (χ1n) is 6.51. The van der Waals surface area contributed by atoms with Gasteiger partial charge in [0.05, 0.1) is 6.67 Å². The lowest BCUT2D eigenvalue weighted by Crippen LogP contribution is -2.35. The van der Waals surface area contributed by atoms with Crippen LogP contribution in [0.25, 0.3) is 22.6 Å². The van der Waals surface area contributed by atoms with Crippen molar-refractivity contribution in [1.82, 2.24) is 24.5 Å². The second-order valence-corrected chi connectivity index (χ2v) is 5.00. The number of imidazole rings is 1. The highest BCUT2D eigenvalue weighted by molar-refractivity contribution is 6.29. The molecule has 7 nitrogen and oxygen atoms in total. The number of fused-ring (bicyclic) bond motifs is 1. The molecule has 0 aliphatic heterocycles. The lowest BCUT2D eigenvalue weighted by atomic mass is 10.3. The van der Waals surface area contributed by atoms with Crippen LogP contribution in [0, 0.1) is 0 Å². The zero-order valence-corrected chi connectivity index (χ0v) is 12.0. The van der Waals surface area contributed by atoms with Gasteiger partial charge in [0.15, 0.2) is 5.65 Å². The molecule has 3 aromatic heterocycles. The van der Waals surface area contributed by atoms with Crippen molar-refractivity contribution in [1.29, 1.82) is 0 Å². The van der Waals surface area contributed by atoms with Crippen LogP contribution in [0.2, 0.25) is 5.15 Å². The van der Waals surface area contributed by atoms with Gasteiger partial charge in [0.2, 0.25) is 0 Å². The fraction of sp³-hybridized carbons (Fsp3) is 0.231. The largest absolute Gasteiger partial charge is 0.332 e. The van der Waals surface area contributed by atoms with E-state index in [9.17, 15) is 14.0 Å². The molecule has 0 atom stereocenters. The number of halogens is 2. The summed E-state index contributed by atoms with van der Waals surface area (Å²) in [5.74, 6) is 0.384. The van der Waals surface area contributed by atoms with Crippen LogP contribution in [0.15, 0.2) is 27.9 Å². The summed E-state index contributed by atoms with van der Waals surface area (Å²) in [5.41, 5.74) is -0.220. The molecule has 114 valence electrons. The quantitative estimate of drug-likeness (QED) is 0.711. The zero-order valence-electron chi connectivity index (χ0n) is 11.3. The van der Waals surface area contributed by atoms with Crippen LogP contribution in [0.1, 0.15) is 6.42 Å². The predicted octanol–water partition coefficient (Wildman–Crippen LogP) is 1.49. The van der Waals surface area contributed by atoms with E-state index in [0.717, 1.165) is 4.57 Å². The molecule has 0 radical (unpaired) electrons. The molecule has 3 aromatic rings. The summed E-state index contributed by atoms with van der Waals surface area (Å²) in [5, 5.41) is 0.335. The van der Waals surface area contributed by atoms with Crippen LogP contribution in [-0.4, -0.2) is 31.2 Å². The third-order valence-electron chi connectivity index (χ3n) is 3.15. The van der Waals surface area contributed by atoms with E-state index in [1.807, 2.05) is 0 Å². The number of hydrogen-bond donors (Lipinski definition) is 2. The van der Waals surface area contributed by atoms with Gasteiger partial charge in [-0.3, -0.25) is 18.7 Å². The van der Waals surface area contributed by atoms with Gasteiger partial charge in [0, 0.05) is 18.3 Å². The zero-order chi connectivity index (χ0) is 15.7. The maximum Gasteiger partial charge on any atom is 0.330 e. The Morgan fingerprint density at radius 1 is 1.27 bits per heavy atom. The summed E-state index contributed by atoms with van der Waals surface area (Å²) in [7, 11) is 0. The van der Waals surface area contributed by atoms with Crippen molar-refractivity contribution in [3.63, 3.8) is 0 Å². The van der Waals surface area contributed by atoms with Crippen LogP contribution < -0.4 is 11.2 Å². The molecule has 9 heteroatoms. The van der Waals surface area contributed by atoms with E-state index in [2.05, 4.69) is 19.9 Å². The summed E-state index contributed by atoms with van der Waals surface area (Å²) in [6, 6.07) is 3.28. The van der Waals surface area contributed by atoms with Gasteiger partial charge < -0.3 is 4.98 Å². The maximum atomic E-state index is 12.3. The van der Waals surface area contributed by atoms with Gasteiger partial charge in [-0.1, -0.05) is 11.6 Å². The van der Waals surface area contributed by atoms with E-state index in [1.165, 1.54) is 6.20 Å². The van der Waals surface area contributed by atoms with E-state index in [0.29, 0.717) is 16.5 Å². The number of aromatic nitrogens is 5.